The van der Waals surface area contributed by atoms with Crippen LogP contribution in [-0.2, 0) is 0 Å². The summed E-state index contributed by atoms with van der Waals surface area (Å²) in [4.78, 5) is 0. The highest BCUT2D eigenvalue weighted by Gasteiger charge is 2.58. The summed E-state index contributed by atoms with van der Waals surface area (Å²) in [5.41, 5.74) is 0.433. The Kier molecular flexibility index (Phi) is 2.89. The maximum Gasteiger partial charge on any atom is -0.00868 e. The SMILES string of the molecule is C=CC1(C)C(C)C1C(C)C(C)CC. The smallest absolute Gasteiger partial charge is 0.00868 e. The molecule has 0 spiro atoms. The molecule has 1 aliphatic rings. The molecule has 0 heterocycles. The molecule has 0 aliphatic heterocycles. The zero-order chi connectivity index (χ0) is 10.2. The lowest BCUT2D eigenvalue weighted by molar-refractivity contribution is 0.307. The molecule has 13 heavy (non-hydrogen) atoms. The van der Waals surface area contributed by atoms with Gasteiger partial charge in [0.25, 0.3) is 0 Å². The second-order valence-electron chi connectivity index (χ2n) is 5.13. The van der Waals surface area contributed by atoms with Crippen molar-refractivity contribution in [2.24, 2.45) is 29.1 Å². The van der Waals surface area contributed by atoms with E-state index in [4.69, 9.17) is 0 Å². The van der Waals surface area contributed by atoms with Gasteiger partial charge in [0.15, 0.2) is 0 Å². The van der Waals surface area contributed by atoms with Gasteiger partial charge in [0.05, 0.1) is 0 Å². The second-order valence-corrected chi connectivity index (χ2v) is 5.13. The van der Waals surface area contributed by atoms with Crippen molar-refractivity contribution in [2.45, 2.75) is 41.0 Å². The molecule has 0 heteroatoms. The van der Waals surface area contributed by atoms with Crippen LogP contribution < -0.4 is 0 Å². The van der Waals surface area contributed by atoms with Crippen LogP contribution in [0.4, 0.5) is 0 Å². The molecule has 1 fully saturated rings. The fourth-order valence-corrected chi connectivity index (χ4v) is 2.86. The van der Waals surface area contributed by atoms with E-state index < -0.39 is 0 Å². The number of hydrogen-bond acceptors (Lipinski definition) is 0. The van der Waals surface area contributed by atoms with Gasteiger partial charge in [0, 0.05) is 0 Å². The van der Waals surface area contributed by atoms with Crippen LogP contribution in [0, 0.1) is 29.1 Å². The van der Waals surface area contributed by atoms with Gasteiger partial charge in [-0.25, -0.2) is 0 Å². The van der Waals surface area contributed by atoms with Crippen LogP contribution >= 0.6 is 0 Å². The number of allylic oxidation sites excluding steroid dienone is 1. The molecule has 0 N–H and O–H groups in total. The third kappa shape index (κ3) is 1.56. The fraction of sp³-hybridized carbons (Fsp3) is 0.846. The highest BCUT2D eigenvalue weighted by Crippen LogP contribution is 2.63. The van der Waals surface area contributed by atoms with Crippen LogP contribution in [0.1, 0.15) is 41.0 Å². The summed E-state index contributed by atoms with van der Waals surface area (Å²) in [7, 11) is 0. The largest absolute Gasteiger partial charge is 0.103 e. The molecule has 1 rings (SSSR count). The van der Waals surface area contributed by atoms with Crippen molar-refractivity contribution in [2.75, 3.05) is 0 Å². The van der Waals surface area contributed by atoms with Crippen LogP contribution in [0.2, 0.25) is 0 Å². The van der Waals surface area contributed by atoms with Crippen LogP contribution in [-0.4, -0.2) is 0 Å². The lowest BCUT2D eigenvalue weighted by Gasteiger charge is -2.19. The van der Waals surface area contributed by atoms with Gasteiger partial charge < -0.3 is 0 Å². The molecule has 1 saturated carbocycles. The van der Waals surface area contributed by atoms with Crippen LogP contribution in [0.5, 0.6) is 0 Å². The van der Waals surface area contributed by atoms with Gasteiger partial charge in [-0.1, -0.05) is 47.1 Å². The summed E-state index contributed by atoms with van der Waals surface area (Å²) in [6.45, 7) is 15.8. The van der Waals surface area contributed by atoms with Crippen molar-refractivity contribution in [1.82, 2.24) is 0 Å². The van der Waals surface area contributed by atoms with Crippen molar-refractivity contribution in [3.05, 3.63) is 12.7 Å². The topological polar surface area (TPSA) is 0 Å². The first-order valence-corrected chi connectivity index (χ1v) is 5.62. The Morgan fingerprint density at radius 1 is 1.46 bits per heavy atom. The van der Waals surface area contributed by atoms with E-state index in [1.165, 1.54) is 6.42 Å². The summed E-state index contributed by atoms with van der Waals surface area (Å²) in [6.07, 6.45) is 3.47. The Morgan fingerprint density at radius 3 is 2.31 bits per heavy atom. The molecule has 0 radical (unpaired) electrons. The number of hydrogen-bond donors (Lipinski definition) is 0. The van der Waals surface area contributed by atoms with Crippen molar-refractivity contribution < 1.29 is 0 Å². The molecule has 0 saturated heterocycles. The molecule has 0 aromatic rings. The average Bonchev–Trinajstić information content (AvgIpc) is 2.68. The first-order valence-electron chi connectivity index (χ1n) is 5.62. The number of rotatable bonds is 4. The van der Waals surface area contributed by atoms with Crippen molar-refractivity contribution in [3.63, 3.8) is 0 Å². The predicted octanol–water partition coefficient (Wildman–Crippen LogP) is 4.13. The average molecular weight is 180 g/mol. The minimum absolute atomic E-state index is 0.433. The molecule has 0 aromatic heterocycles. The zero-order valence-electron chi connectivity index (χ0n) is 9.80. The third-order valence-electron chi connectivity index (χ3n) is 4.68. The van der Waals surface area contributed by atoms with Crippen molar-refractivity contribution >= 4 is 0 Å². The molecular weight excluding hydrogens is 156 g/mol. The Morgan fingerprint density at radius 2 is 2.00 bits per heavy atom. The molecule has 5 unspecified atom stereocenters. The quantitative estimate of drug-likeness (QED) is 0.571. The van der Waals surface area contributed by atoms with Crippen LogP contribution in [0.15, 0.2) is 12.7 Å². The molecule has 1 aliphatic carbocycles. The first kappa shape index (κ1) is 10.8. The minimum Gasteiger partial charge on any atom is -0.103 e. The normalized spacial score (nSPS) is 42.5. The maximum atomic E-state index is 3.96. The summed E-state index contributed by atoms with van der Waals surface area (Å²) >= 11 is 0. The van der Waals surface area contributed by atoms with Crippen molar-refractivity contribution in [1.29, 1.82) is 0 Å². The third-order valence-corrected chi connectivity index (χ3v) is 4.68. The van der Waals surface area contributed by atoms with Crippen LogP contribution in [0.25, 0.3) is 0 Å². The van der Waals surface area contributed by atoms with Gasteiger partial charge in [0.2, 0.25) is 0 Å². The summed E-state index contributed by atoms with van der Waals surface area (Å²) < 4.78 is 0. The van der Waals surface area contributed by atoms with E-state index in [0.717, 1.165) is 23.7 Å². The van der Waals surface area contributed by atoms with E-state index in [9.17, 15) is 0 Å². The fourth-order valence-electron chi connectivity index (χ4n) is 2.86. The lowest BCUT2D eigenvalue weighted by atomic mass is 9.86. The van der Waals surface area contributed by atoms with E-state index in [2.05, 4.69) is 47.3 Å². The molecule has 0 amide bonds. The minimum atomic E-state index is 0.433. The van der Waals surface area contributed by atoms with Gasteiger partial charge in [-0.15, -0.1) is 6.58 Å². The lowest BCUT2D eigenvalue weighted by Crippen LogP contribution is -2.12. The Hall–Kier alpha value is -0.260. The maximum absolute atomic E-state index is 3.96. The van der Waals surface area contributed by atoms with E-state index in [1.54, 1.807) is 0 Å². The highest BCUT2D eigenvalue weighted by molar-refractivity contribution is 5.16. The van der Waals surface area contributed by atoms with Gasteiger partial charge >= 0.3 is 0 Å². The van der Waals surface area contributed by atoms with Gasteiger partial charge in [-0.05, 0) is 29.1 Å². The monoisotopic (exact) mass is 180 g/mol. The van der Waals surface area contributed by atoms with Crippen LogP contribution in [0.3, 0.4) is 0 Å². The van der Waals surface area contributed by atoms with E-state index in [-0.39, 0.29) is 0 Å². The van der Waals surface area contributed by atoms with Gasteiger partial charge in [-0.3, -0.25) is 0 Å². The zero-order valence-corrected chi connectivity index (χ0v) is 9.80. The van der Waals surface area contributed by atoms with Gasteiger partial charge in [-0.2, -0.15) is 0 Å². The highest BCUT2D eigenvalue weighted by atomic mass is 14.6. The molecule has 5 atom stereocenters. The second kappa shape index (κ2) is 3.48. The van der Waals surface area contributed by atoms with E-state index in [0.29, 0.717) is 5.41 Å². The summed E-state index contributed by atoms with van der Waals surface area (Å²) in [5.74, 6) is 3.42. The Balaban J connectivity index is 2.61. The summed E-state index contributed by atoms with van der Waals surface area (Å²) in [5, 5.41) is 0. The predicted molar refractivity (Wildman–Crippen MR) is 59.6 cm³/mol. The Labute approximate surface area is 83.4 Å². The molecule has 76 valence electrons. The van der Waals surface area contributed by atoms with E-state index >= 15 is 0 Å². The van der Waals surface area contributed by atoms with E-state index in [1.807, 2.05) is 0 Å². The summed E-state index contributed by atoms with van der Waals surface area (Å²) in [6, 6.07) is 0. The van der Waals surface area contributed by atoms with Gasteiger partial charge in [0.1, 0.15) is 0 Å². The first-order chi connectivity index (χ1) is 5.99. The van der Waals surface area contributed by atoms with Crippen molar-refractivity contribution in [3.8, 4) is 0 Å². The molecule has 0 aromatic carbocycles. The molecule has 0 bridgehead atoms. The standard InChI is InChI=1S/C13H24/c1-7-9(3)10(4)12-11(5)13(12,6)8-2/h8-12H,2,7H2,1,3-6H3. The molecule has 0 nitrogen and oxygen atoms in total. The molecular formula is C13H24. The Bertz CT molecular complexity index is 194.